The molecule has 4 heterocycles. The Morgan fingerprint density at radius 1 is 1.23 bits per heavy atom. The Morgan fingerprint density at radius 2 is 2.00 bits per heavy atom. The molecule has 1 amide bonds. The number of aryl methyl sites for hydroxylation is 1. The summed E-state index contributed by atoms with van der Waals surface area (Å²) in [6.45, 7) is 2.82. The highest BCUT2D eigenvalue weighted by Gasteiger charge is 2.64. The average molecular weight is 427 g/mol. The highest BCUT2D eigenvalue weighted by molar-refractivity contribution is 7.93. The summed E-state index contributed by atoms with van der Waals surface area (Å²) in [6.07, 6.45) is 2.15. The van der Waals surface area contributed by atoms with Crippen LogP contribution in [0.3, 0.4) is 0 Å². The van der Waals surface area contributed by atoms with Crippen LogP contribution in [0.1, 0.15) is 35.6 Å². The molecule has 1 aromatic carbocycles. The van der Waals surface area contributed by atoms with E-state index < -0.39 is 20.5 Å². The molecule has 9 nitrogen and oxygen atoms in total. The normalized spacial score (nSPS) is 21.6. The highest BCUT2D eigenvalue weighted by atomic mass is 32.2. The van der Waals surface area contributed by atoms with Gasteiger partial charge in [0.15, 0.2) is 9.84 Å². The molecule has 1 spiro atoms. The molecule has 3 aromatic rings. The lowest BCUT2D eigenvalue weighted by Gasteiger charge is -2.48. The molecule has 5 rings (SSSR count). The maximum absolute atomic E-state index is 12.9. The van der Waals surface area contributed by atoms with Gasteiger partial charge in [-0.1, -0.05) is 35.5 Å². The molecule has 0 radical (unpaired) electrons. The molecule has 156 valence electrons. The molecular weight excluding hydrogens is 406 g/mol. The van der Waals surface area contributed by atoms with Gasteiger partial charge in [-0.15, -0.1) is 0 Å². The number of carbonyl (C=O) groups excluding carboxylic acids is 1. The van der Waals surface area contributed by atoms with Gasteiger partial charge in [0.25, 0.3) is 5.91 Å². The number of sulfone groups is 1. The van der Waals surface area contributed by atoms with Gasteiger partial charge in [0, 0.05) is 31.4 Å². The van der Waals surface area contributed by atoms with Crippen molar-refractivity contribution < 1.29 is 17.7 Å². The fraction of sp³-hybridized carbons (Fsp3) is 0.400. The van der Waals surface area contributed by atoms with Crippen LogP contribution >= 0.6 is 0 Å². The molecule has 0 aliphatic carbocycles. The first-order chi connectivity index (χ1) is 14.4. The molecule has 2 aliphatic rings. The van der Waals surface area contributed by atoms with Crippen LogP contribution in [-0.2, 0) is 16.4 Å². The predicted molar refractivity (Wildman–Crippen MR) is 107 cm³/mol. The van der Waals surface area contributed by atoms with Crippen LogP contribution in [0.5, 0.6) is 0 Å². The molecule has 1 unspecified atom stereocenters. The number of carbonyl (C=O) groups is 1. The van der Waals surface area contributed by atoms with Crippen molar-refractivity contribution in [1.29, 1.82) is 0 Å². The second-order valence-electron chi connectivity index (χ2n) is 7.77. The minimum absolute atomic E-state index is 0.0488. The number of hydrogen-bond acceptors (Lipinski definition) is 7. The number of nitrogens with zero attached hydrogens (tertiary/aromatic N) is 5. The predicted octanol–water partition coefficient (Wildman–Crippen LogP) is 1.75. The first-order valence-electron chi connectivity index (χ1n) is 9.87. The number of rotatable bonds is 4. The summed E-state index contributed by atoms with van der Waals surface area (Å²) >= 11 is 0. The molecule has 0 bridgehead atoms. The van der Waals surface area contributed by atoms with E-state index >= 15 is 0 Å². The quantitative estimate of drug-likeness (QED) is 0.624. The van der Waals surface area contributed by atoms with E-state index in [0.29, 0.717) is 30.4 Å². The van der Waals surface area contributed by atoms with Crippen molar-refractivity contribution in [2.45, 2.75) is 30.6 Å². The van der Waals surface area contributed by atoms with Gasteiger partial charge in [0.2, 0.25) is 11.7 Å². The number of amides is 1. The van der Waals surface area contributed by atoms with Crippen molar-refractivity contribution in [3.63, 3.8) is 0 Å². The first-order valence-corrected chi connectivity index (χ1v) is 11.5. The van der Waals surface area contributed by atoms with Crippen molar-refractivity contribution in [2.24, 2.45) is 0 Å². The minimum atomic E-state index is -3.40. The molecule has 10 heteroatoms. The van der Waals surface area contributed by atoms with E-state index in [2.05, 4.69) is 15.2 Å². The fourth-order valence-electron chi connectivity index (χ4n) is 4.36. The van der Waals surface area contributed by atoms with Crippen LogP contribution in [0.25, 0.3) is 11.4 Å². The third kappa shape index (κ3) is 2.78. The summed E-state index contributed by atoms with van der Waals surface area (Å²) in [7, 11) is -3.40. The summed E-state index contributed by atoms with van der Waals surface area (Å²) < 4.78 is 31.9. The number of likely N-dealkylation sites (tertiary alicyclic amines) is 1. The molecule has 2 aliphatic heterocycles. The zero-order valence-corrected chi connectivity index (χ0v) is 17.2. The van der Waals surface area contributed by atoms with Crippen molar-refractivity contribution >= 4 is 15.7 Å². The van der Waals surface area contributed by atoms with Crippen molar-refractivity contribution in [3.8, 4) is 11.4 Å². The van der Waals surface area contributed by atoms with Gasteiger partial charge in [-0.25, -0.2) is 8.42 Å². The van der Waals surface area contributed by atoms with E-state index in [1.165, 1.54) is 4.90 Å². The van der Waals surface area contributed by atoms with Gasteiger partial charge in [0.05, 0.1) is 11.7 Å². The van der Waals surface area contributed by atoms with Crippen LogP contribution < -0.4 is 0 Å². The lowest BCUT2D eigenvalue weighted by Crippen LogP contribution is -2.67. The summed E-state index contributed by atoms with van der Waals surface area (Å²) in [5, 5.41) is 8.27. The monoisotopic (exact) mass is 427 g/mol. The van der Waals surface area contributed by atoms with E-state index in [1.54, 1.807) is 16.9 Å². The molecule has 1 atom stereocenters. The van der Waals surface area contributed by atoms with E-state index in [9.17, 15) is 13.2 Å². The number of hydrogen-bond donors (Lipinski definition) is 0. The Labute approximate surface area is 173 Å². The Kier molecular flexibility index (Phi) is 4.28. The Hall–Kier alpha value is -3.01. The second kappa shape index (κ2) is 6.76. The average Bonchev–Trinajstić information content (AvgIpc) is 3.44. The van der Waals surface area contributed by atoms with Gasteiger partial charge in [0.1, 0.15) is 10.4 Å². The SMILES string of the molecule is CCn1ccc(C(=O)N2CC3(C2)C(c2nc(-c4ccccc4)no2)CCS3(=O)=O)n1. The van der Waals surface area contributed by atoms with Crippen LogP contribution in [0.4, 0.5) is 0 Å². The van der Waals surface area contributed by atoms with Crippen molar-refractivity contribution in [2.75, 3.05) is 18.8 Å². The zero-order valence-electron chi connectivity index (χ0n) is 16.4. The Morgan fingerprint density at radius 3 is 2.70 bits per heavy atom. The Bertz CT molecular complexity index is 1190. The lowest BCUT2D eigenvalue weighted by atomic mass is 9.83. The molecule has 0 saturated carbocycles. The number of aromatic nitrogens is 4. The third-order valence-corrected chi connectivity index (χ3v) is 8.64. The minimum Gasteiger partial charge on any atom is -0.339 e. The van der Waals surface area contributed by atoms with Crippen molar-refractivity contribution in [3.05, 3.63) is 54.2 Å². The van der Waals surface area contributed by atoms with E-state index in [-0.39, 0.29) is 24.7 Å². The standard InChI is InChI=1S/C20H21N5O4S/c1-2-25-10-8-16(22-25)19(26)24-12-20(13-24)15(9-11-30(20,27)28)18-21-17(23-29-18)14-6-4-3-5-7-14/h3-8,10,15H,2,9,11-13H2,1H3. The van der Waals surface area contributed by atoms with Crippen LogP contribution in [0, 0.1) is 0 Å². The smallest absolute Gasteiger partial charge is 0.274 e. The molecule has 2 aromatic heterocycles. The van der Waals surface area contributed by atoms with E-state index in [4.69, 9.17) is 4.52 Å². The zero-order chi connectivity index (χ0) is 20.9. The maximum atomic E-state index is 12.9. The first kappa shape index (κ1) is 19.0. The topological polar surface area (TPSA) is 111 Å². The van der Waals surface area contributed by atoms with Gasteiger partial charge < -0.3 is 9.42 Å². The van der Waals surface area contributed by atoms with Crippen LogP contribution in [0.15, 0.2) is 47.1 Å². The molecular formula is C20H21N5O4S. The maximum Gasteiger partial charge on any atom is 0.274 e. The summed E-state index contributed by atoms with van der Waals surface area (Å²) in [4.78, 5) is 18.8. The van der Waals surface area contributed by atoms with E-state index in [0.717, 1.165) is 5.56 Å². The summed E-state index contributed by atoms with van der Waals surface area (Å²) in [6, 6.07) is 11.0. The third-order valence-electron chi connectivity index (χ3n) is 6.09. The molecule has 2 saturated heterocycles. The van der Waals surface area contributed by atoms with Gasteiger partial charge in [-0.2, -0.15) is 10.1 Å². The highest BCUT2D eigenvalue weighted by Crippen LogP contribution is 2.49. The van der Waals surface area contributed by atoms with Crippen LogP contribution in [0.2, 0.25) is 0 Å². The van der Waals surface area contributed by atoms with Gasteiger partial charge in [-0.05, 0) is 19.4 Å². The lowest BCUT2D eigenvalue weighted by molar-refractivity contribution is 0.0497. The Balaban J connectivity index is 1.40. The fourth-order valence-corrected chi connectivity index (χ4v) is 6.67. The van der Waals surface area contributed by atoms with Gasteiger partial charge in [-0.3, -0.25) is 9.48 Å². The van der Waals surface area contributed by atoms with Crippen molar-refractivity contribution in [1.82, 2.24) is 24.8 Å². The molecule has 2 fully saturated rings. The molecule has 0 N–H and O–H groups in total. The van der Waals surface area contributed by atoms with Crippen LogP contribution in [-0.4, -0.2) is 62.7 Å². The largest absolute Gasteiger partial charge is 0.339 e. The molecule has 30 heavy (non-hydrogen) atoms. The second-order valence-corrected chi connectivity index (χ2v) is 10.2. The van der Waals surface area contributed by atoms with Gasteiger partial charge >= 0.3 is 0 Å². The van der Waals surface area contributed by atoms with E-state index in [1.807, 2.05) is 37.3 Å². The number of benzene rings is 1. The summed E-state index contributed by atoms with van der Waals surface area (Å²) in [5.74, 6) is 0.112. The summed E-state index contributed by atoms with van der Waals surface area (Å²) in [5.41, 5.74) is 1.13.